The molecule has 3 aromatic carbocycles. The predicted molar refractivity (Wildman–Crippen MR) is 113 cm³/mol. The molecule has 28 heavy (non-hydrogen) atoms. The summed E-state index contributed by atoms with van der Waals surface area (Å²) in [5, 5.41) is 5.66. The largest absolute Gasteiger partial charge is 0.397 e. The number of benzene rings is 3. The van der Waals surface area contributed by atoms with E-state index in [9.17, 15) is 9.59 Å². The zero-order valence-corrected chi connectivity index (χ0v) is 15.7. The van der Waals surface area contributed by atoms with Gasteiger partial charge in [0.25, 0.3) is 5.91 Å². The lowest BCUT2D eigenvalue weighted by Gasteiger charge is -2.12. The van der Waals surface area contributed by atoms with E-state index in [4.69, 9.17) is 5.73 Å². The molecule has 5 nitrogen and oxygen atoms in total. The molecule has 4 N–H and O–H groups in total. The summed E-state index contributed by atoms with van der Waals surface area (Å²) in [7, 11) is 0. The Hall–Kier alpha value is -3.60. The van der Waals surface area contributed by atoms with Gasteiger partial charge in [0, 0.05) is 17.7 Å². The molecule has 0 fully saturated rings. The van der Waals surface area contributed by atoms with Gasteiger partial charge in [0.1, 0.15) is 0 Å². The van der Waals surface area contributed by atoms with E-state index in [-0.39, 0.29) is 17.7 Å². The zero-order valence-electron chi connectivity index (χ0n) is 15.7. The minimum atomic E-state index is -0.256. The summed E-state index contributed by atoms with van der Waals surface area (Å²) < 4.78 is 0. The topological polar surface area (TPSA) is 84.2 Å². The van der Waals surface area contributed by atoms with Gasteiger partial charge in [-0.25, -0.2) is 0 Å². The van der Waals surface area contributed by atoms with E-state index < -0.39 is 0 Å². The fourth-order valence-electron chi connectivity index (χ4n) is 2.90. The van der Waals surface area contributed by atoms with Crippen molar-refractivity contribution in [3.05, 3.63) is 90.0 Å². The van der Waals surface area contributed by atoms with Crippen LogP contribution in [0.3, 0.4) is 0 Å². The van der Waals surface area contributed by atoms with E-state index in [1.54, 1.807) is 48.5 Å². The standard InChI is InChI=1S/C23H23N3O2/c1-16(17-7-3-2-4-8-17)15-22(27)25-19-13-11-18(12-14-19)23(28)26-21-10-6-5-9-20(21)24/h2-14,16H,15,24H2,1H3,(H,25,27)(H,26,28). The second kappa shape index (κ2) is 8.86. The molecule has 5 heteroatoms. The van der Waals surface area contributed by atoms with E-state index in [0.717, 1.165) is 5.56 Å². The molecule has 0 aromatic heterocycles. The summed E-state index contributed by atoms with van der Waals surface area (Å²) in [5.74, 6) is -0.193. The monoisotopic (exact) mass is 373 g/mol. The van der Waals surface area contributed by atoms with Gasteiger partial charge in [0.15, 0.2) is 0 Å². The van der Waals surface area contributed by atoms with Gasteiger partial charge in [-0.15, -0.1) is 0 Å². The first-order chi connectivity index (χ1) is 13.5. The molecule has 2 amide bonds. The van der Waals surface area contributed by atoms with E-state index >= 15 is 0 Å². The molecule has 3 aromatic rings. The van der Waals surface area contributed by atoms with Crippen molar-refractivity contribution in [1.82, 2.24) is 0 Å². The Bertz CT molecular complexity index is 953. The number of para-hydroxylation sites is 2. The van der Waals surface area contributed by atoms with Crippen molar-refractivity contribution in [2.24, 2.45) is 0 Å². The molecule has 0 aliphatic heterocycles. The smallest absolute Gasteiger partial charge is 0.255 e. The maximum atomic E-state index is 12.3. The fourth-order valence-corrected chi connectivity index (χ4v) is 2.90. The van der Waals surface area contributed by atoms with Crippen LogP contribution in [-0.2, 0) is 4.79 Å². The second-order valence-electron chi connectivity index (χ2n) is 6.68. The number of carbonyl (C=O) groups excluding carboxylic acids is 2. The Morgan fingerprint density at radius 2 is 1.50 bits per heavy atom. The van der Waals surface area contributed by atoms with Crippen molar-refractivity contribution in [2.45, 2.75) is 19.3 Å². The summed E-state index contributed by atoms with van der Waals surface area (Å²) in [5.41, 5.74) is 9.19. The first-order valence-corrected chi connectivity index (χ1v) is 9.13. The van der Waals surface area contributed by atoms with Gasteiger partial charge in [0.2, 0.25) is 5.91 Å². The van der Waals surface area contributed by atoms with Gasteiger partial charge < -0.3 is 16.4 Å². The molecule has 0 radical (unpaired) electrons. The van der Waals surface area contributed by atoms with Crippen LogP contribution in [0.15, 0.2) is 78.9 Å². The Morgan fingerprint density at radius 3 is 2.18 bits per heavy atom. The molecular weight excluding hydrogens is 350 g/mol. The molecule has 0 aliphatic rings. The summed E-state index contributed by atoms with van der Waals surface area (Å²) in [6.07, 6.45) is 0.388. The molecule has 0 saturated heterocycles. The van der Waals surface area contributed by atoms with Crippen LogP contribution >= 0.6 is 0 Å². The third kappa shape index (κ3) is 4.98. The number of nitrogens with one attached hydrogen (secondary N) is 2. The fraction of sp³-hybridized carbons (Fsp3) is 0.130. The van der Waals surface area contributed by atoms with Crippen LogP contribution in [-0.4, -0.2) is 11.8 Å². The van der Waals surface area contributed by atoms with Crippen molar-refractivity contribution in [3.63, 3.8) is 0 Å². The number of carbonyl (C=O) groups is 2. The average molecular weight is 373 g/mol. The highest BCUT2D eigenvalue weighted by atomic mass is 16.2. The zero-order chi connectivity index (χ0) is 19.9. The van der Waals surface area contributed by atoms with E-state index in [1.807, 2.05) is 37.3 Å². The highest BCUT2D eigenvalue weighted by molar-refractivity contribution is 6.06. The molecule has 3 rings (SSSR count). The molecule has 0 bridgehead atoms. The van der Waals surface area contributed by atoms with Crippen LogP contribution in [0, 0.1) is 0 Å². The maximum absolute atomic E-state index is 12.3. The van der Waals surface area contributed by atoms with Gasteiger partial charge >= 0.3 is 0 Å². The SMILES string of the molecule is CC(CC(=O)Nc1ccc(C(=O)Nc2ccccc2N)cc1)c1ccccc1. The van der Waals surface area contributed by atoms with Gasteiger partial charge in [-0.1, -0.05) is 49.4 Å². The first-order valence-electron chi connectivity index (χ1n) is 9.13. The van der Waals surface area contributed by atoms with E-state index in [2.05, 4.69) is 10.6 Å². The second-order valence-corrected chi connectivity index (χ2v) is 6.68. The van der Waals surface area contributed by atoms with Crippen LogP contribution in [0.25, 0.3) is 0 Å². The lowest BCUT2D eigenvalue weighted by molar-refractivity contribution is -0.116. The van der Waals surface area contributed by atoms with Gasteiger partial charge in [-0.05, 0) is 47.9 Å². The lowest BCUT2D eigenvalue weighted by Crippen LogP contribution is -2.15. The predicted octanol–water partition coefficient (Wildman–Crippen LogP) is 4.65. The highest BCUT2D eigenvalue weighted by Crippen LogP contribution is 2.21. The van der Waals surface area contributed by atoms with Crippen molar-refractivity contribution in [2.75, 3.05) is 16.4 Å². The summed E-state index contributed by atoms with van der Waals surface area (Å²) in [6, 6.07) is 23.8. The molecule has 0 heterocycles. The molecule has 1 atom stereocenters. The molecule has 0 saturated carbocycles. The summed E-state index contributed by atoms with van der Waals surface area (Å²) in [6.45, 7) is 2.03. The van der Waals surface area contributed by atoms with Gasteiger partial charge in [-0.2, -0.15) is 0 Å². The van der Waals surface area contributed by atoms with Gasteiger partial charge in [-0.3, -0.25) is 9.59 Å². The molecule has 0 spiro atoms. The van der Waals surface area contributed by atoms with Crippen LogP contribution in [0.1, 0.15) is 35.2 Å². The number of rotatable bonds is 6. The molecule has 1 unspecified atom stereocenters. The third-order valence-electron chi connectivity index (χ3n) is 4.50. The van der Waals surface area contributed by atoms with Crippen molar-refractivity contribution in [1.29, 1.82) is 0 Å². The quantitative estimate of drug-likeness (QED) is 0.550. The number of hydrogen-bond donors (Lipinski definition) is 3. The van der Waals surface area contributed by atoms with Crippen molar-refractivity contribution in [3.8, 4) is 0 Å². The number of nitrogen functional groups attached to an aromatic ring is 1. The van der Waals surface area contributed by atoms with Crippen LogP contribution in [0.2, 0.25) is 0 Å². The van der Waals surface area contributed by atoms with Crippen molar-refractivity contribution >= 4 is 28.9 Å². The highest BCUT2D eigenvalue weighted by Gasteiger charge is 2.12. The maximum Gasteiger partial charge on any atom is 0.255 e. The molecule has 0 aliphatic carbocycles. The van der Waals surface area contributed by atoms with E-state index in [1.165, 1.54) is 0 Å². The minimum absolute atomic E-state index is 0.0642. The Morgan fingerprint density at radius 1 is 0.857 bits per heavy atom. The molecule has 142 valence electrons. The number of anilines is 3. The van der Waals surface area contributed by atoms with Crippen LogP contribution in [0.4, 0.5) is 17.1 Å². The third-order valence-corrected chi connectivity index (χ3v) is 4.50. The lowest BCUT2D eigenvalue weighted by atomic mass is 9.97. The number of nitrogens with two attached hydrogens (primary N) is 1. The minimum Gasteiger partial charge on any atom is -0.397 e. The summed E-state index contributed by atoms with van der Waals surface area (Å²) in [4.78, 5) is 24.6. The van der Waals surface area contributed by atoms with Crippen LogP contribution in [0.5, 0.6) is 0 Å². The Kier molecular flexibility index (Phi) is 6.07. The van der Waals surface area contributed by atoms with E-state index in [0.29, 0.717) is 29.0 Å². The van der Waals surface area contributed by atoms with Crippen LogP contribution < -0.4 is 16.4 Å². The Labute approximate surface area is 164 Å². The Balaban J connectivity index is 1.57. The van der Waals surface area contributed by atoms with Gasteiger partial charge in [0.05, 0.1) is 11.4 Å². The number of hydrogen-bond acceptors (Lipinski definition) is 3. The number of amides is 2. The normalized spacial score (nSPS) is 11.5. The molecular formula is C23H23N3O2. The van der Waals surface area contributed by atoms with Crippen molar-refractivity contribution < 1.29 is 9.59 Å². The average Bonchev–Trinajstić information content (AvgIpc) is 2.71. The first kappa shape index (κ1) is 19.2. The summed E-state index contributed by atoms with van der Waals surface area (Å²) >= 11 is 0.